The zero-order valence-corrected chi connectivity index (χ0v) is 11.9. The number of halogens is 1. The third-order valence-electron chi connectivity index (χ3n) is 2.59. The molecule has 1 N–H and O–H groups in total. The molecule has 0 saturated heterocycles. The maximum absolute atomic E-state index is 12.1. The van der Waals surface area contributed by atoms with Crippen molar-refractivity contribution in [3.8, 4) is 5.75 Å². The van der Waals surface area contributed by atoms with E-state index in [1.54, 1.807) is 0 Å². The van der Waals surface area contributed by atoms with Gasteiger partial charge in [-0.1, -0.05) is 13.3 Å². The van der Waals surface area contributed by atoms with Gasteiger partial charge in [0.05, 0.1) is 17.1 Å². The molecule has 0 unspecified atom stereocenters. The SMILES string of the molecule is CCCCC(=O)c1c(C(=O)O)ccc(OC)c1Br. The predicted octanol–water partition coefficient (Wildman–Crippen LogP) is 3.53. The second-order valence-electron chi connectivity index (χ2n) is 3.84. The molecule has 0 aliphatic heterocycles. The lowest BCUT2D eigenvalue weighted by Gasteiger charge is -2.11. The first kappa shape index (κ1) is 14.7. The van der Waals surface area contributed by atoms with Gasteiger partial charge in [0.1, 0.15) is 5.75 Å². The zero-order chi connectivity index (χ0) is 13.7. The van der Waals surface area contributed by atoms with Crippen molar-refractivity contribution < 1.29 is 19.4 Å². The van der Waals surface area contributed by atoms with Crippen LogP contribution in [0, 0.1) is 0 Å². The average molecular weight is 315 g/mol. The van der Waals surface area contributed by atoms with Gasteiger partial charge in [-0.25, -0.2) is 4.79 Å². The van der Waals surface area contributed by atoms with Gasteiger partial charge in [-0.2, -0.15) is 0 Å². The second kappa shape index (κ2) is 6.54. The highest BCUT2D eigenvalue weighted by Gasteiger charge is 2.21. The van der Waals surface area contributed by atoms with E-state index in [0.717, 1.165) is 12.8 Å². The maximum atomic E-state index is 12.1. The number of methoxy groups -OCH3 is 1. The number of carbonyl (C=O) groups is 2. The van der Waals surface area contributed by atoms with Crippen LogP contribution in [0.1, 0.15) is 46.9 Å². The van der Waals surface area contributed by atoms with Crippen molar-refractivity contribution >= 4 is 27.7 Å². The quantitative estimate of drug-likeness (QED) is 0.816. The molecule has 1 aromatic rings. The number of carboxylic acid groups (broad SMARTS) is 1. The van der Waals surface area contributed by atoms with Crippen molar-refractivity contribution in [1.82, 2.24) is 0 Å². The first-order valence-electron chi connectivity index (χ1n) is 5.65. The van der Waals surface area contributed by atoms with Crippen molar-refractivity contribution in [2.45, 2.75) is 26.2 Å². The van der Waals surface area contributed by atoms with Crippen LogP contribution in [-0.2, 0) is 0 Å². The van der Waals surface area contributed by atoms with Crippen molar-refractivity contribution in [2.75, 3.05) is 7.11 Å². The molecule has 0 radical (unpaired) electrons. The minimum Gasteiger partial charge on any atom is -0.496 e. The Morgan fingerprint density at radius 2 is 2.06 bits per heavy atom. The van der Waals surface area contributed by atoms with E-state index in [2.05, 4.69) is 15.9 Å². The van der Waals surface area contributed by atoms with E-state index in [4.69, 9.17) is 9.84 Å². The van der Waals surface area contributed by atoms with Crippen LogP contribution in [0.5, 0.6) is 5.75 Å². The second-order valence-corrected chi connectivity index (χ2v) is 4.63. The molecule has 4 nitrogen and oxygen atoms in total. The van der Waals surface area contributed by atoms with Crippen molar-refractivity contribution in [1.29, 1.82) is 0 Å². The molecule has 0 spiro atoms. The number of hydrogen-bond donors (Lipinski definition) is 1. The van der Waals surface area contributed by atoms with Crippen LogP contribution in [0.2, 0.25) is 0 Å². The van der Waals surface area contributed by atoms with Crippen molar-refractivity contribution in [3.63, 3.8) is 0 Å². The first-order valence-corrected chi connectivity index (χ1v) is 6.45. The summed E-state index contributed by atoms with van der Waals surface area (Å²) in [6.07, 6.45) is 1.96. The summed E-state index contributed by atoms with van der Waals surface area (Å²) in [5.41, 5.74) is 0.194. The minimum atomic E-state index is -1.11. The summed E-state index contributed by atoms with van der Waals surface area (Å²) in [5.74, 6) is -0.835. The molecule has 0 aromatic heterocycles. The Hall–Kier alpha value is -1.36. The highest BCUT2D eigenvalue weighted by atomic mass is 79.9. The molecule has 18 heavy (non-hydrogen) atoms. The molecule has 0 amide bonds. The molecule has 0 saturated carbocycles. The normalized spacial score (nSPS) is 10.2. The zero-order valence-electron chi connectivity index (χ0n) is 10.3. The average Bonchev–Trinajstić information content (AvgIpc) is 2.35. The van der Waals surface area contributed by atoms with Crippen molar-refractivity contribution in [3.05, 3.63) is 27.7 Å². The van der Waals surface area contributed by atoms with Crippen LogP contribution in [0.3, 0.4) is 0 Å². The summed E-state index contributed by atoms with van der Waals surface area (Å²) in [7, 11) is 1.47. The number of unbranched alkanes of at least 4 members (excludes halogenated alkanes) is 1. The molecule has 0 atom stereocenters. The third kappa shape index (κ3) is 3.10. The Balaban J connectivity index is 3.27. The number of ether oxygens (including phenoxy) is 1. The summed E-state index contributed by atoms with van der Waals surface area (Å²) in [5, 5.41) is 9.11. The number of benzene rings is 1. The number of carbonyl (C=O) groups excluding carboxylic acids is 1. The first-order chi connectivity index (χ1) is 8.52. The van der Waals surface area contributed by atoms with Crippen LogP contribution in [0.25, 0.3) is 0 Å². The molecule has 5 heteroatoms. The van der Waals surface area contributed by atoms with Crippen LogP contribution >= 0.6 is 15.9 Å². The molecule has 0 aliphatic rings. The smallest absolute Gasteiger partial charge is 0.336 e. The van der Waals surface area contributed by atoms with E-state index in [-0.39, 0.29) is 16.9 Å². The van der Waals surface area contributed by atoms with Gasteiger partial charge >= 0.3 is 5.97 Å². The highest BCUT2D eigenvalue weighted by molar-refractivity contribution is 9.10. The Kier molecular flexibility index (Phi) is 5.34. The van der Waals surface area contributed by atoms with E-state index in [9.17, 15) is 9.59 Å². The third-order valence-corrected chi connectivity index (χ3v) is 3.38. The van der Waals surface area contributed by atoms with E-state index in [1.165, 1.54) is 19.2 Å². The summed E-state index contributed by atoms with van der Waals surface area (Å²) in [6.45, 7) is 1.98. The van der Waals surface area contributed by atoms with Crippen molar-refractivity contribution in [2.24, 2.45) is 0 Å². The van der Waals surface area contributed by atoms with E-state index >= 15 is 0 Å². The Morgan fingerprint density at radius 3 is 2.56 bits per heavy atom. The topological polar surface area (TPSA) is 63.6 Å². The summed E-state index contributed by atoms with van der Waals surface area (Å²) < 4.78 is 5.49. The number of aromatic carboxylic acids is 1. The molecular weight excluding hydrogens is 300 g/mol. The van der Waals surface area contributed by atoms with Crippen LogP contribution in [0.4, 0.5) is 0 Å². The van der Waals surface area contributed by atoms with Gasteiger partial charge in [0, 0.05) is 12.0 Å². The van der Waals surface area contributed by atoms with Gasteiger partial charge in [-0.3, -0.25) is 4.79 Å². The monoisotopic (exact) mass is 314 g/mol. The van der Waals surface area contributed by atoms with Gasteiger partial charge in [-0.05, 0) is 34.5 Å². The minimum absolute atomic E-state index is 0.00350. The van der Waals surface area contributed by atoms with Gasteiger partial charge in [0.2, 0.25) is 0 Å². The molecule has 0 heterocycles. The maximum Gasteiger partial charge on any atom is 0.336 e. The predicted molar refractivity (Wildman–Crippen MR) is 71.5 cm³/mol. The number of ketones is 1. The van der Waals surface area contributed by atoms with Crippen LogP contribution < -0.4 is 4.74 Å². The lowest BCUT2D eigenvalue weighted by Crippen LogP contribution is -2.10. The molecule has 0 bridgehead atoms. The Morgan fingerprint density at radius 1 is 1.39 bits per heavy atom. The van der Waals surface area contributed by atoms with Crippen LogP contribution in [0.15, 0.2) is 16.6 Å². The van der Waals surface area contributed by atoms with E-state index < -0.39 is 5.97 Å². The van der Waals surface area contributed by atoms with E-state index in [1.807, 2.05) is 6.92 Å². The lowest BCUT2D eigenvalue weighted by atomic mass is 9.99. The Bertz CT molecular complexity index is 468. The fraction of sp³-hybridized carbons (Fsp3) is 0.385. The summed E-state index contributed by atoms with van der Waals surface area (Å²) in [4.78, 5) is 23.2. The molecule has 1 aromatic carbocycles. The van der Waals surface area contributed by atoms with Gasteiger partial charge < -0.3 is 9.84 Å². The number of carboxylic acids is 1. The highest BCUT2D eigenvalue weighted by Crippen LogP contribution is 2.32. The van der Waals surface area contributed by atoms with E-state index in [0.29, 0.717) is 16.6 Å². The largest absolute Gasteiger partial charge is 0.496 e. The number of rotatable bonds is 6. The van der Waals surface area contributed by atoms with Crippen LogP contribution in [-0.4, -0.2) is 24.0 Å². The summed E-state index contributed by atoms with van der Waals surface area (Å²) in [6, 6.07) is 2.93. The number of hydrogen-bond acceptors (Lipinski definition) is 3. The number of Topliss-reactive ketones (excluding diaryl/α,β-unsaturated/α-hetero) is 1. The Labute approximate surface area is 114 Å². The summed E-state index contributed by atoms with van der Waals surface area (Å²) >= 11 is 3.24. The fourth-order valence-corrected chi connectivity index (χ4v) is 2.36. The van der Waals surface area contributed by atoms with Gasteiger partial charge in [0.15, 0.2) is 5.78 Å². The van der Waals surface area contributed by atoms with Gasteiger partial charge in [-0.15, -0.1) is 0 Å². The standard InChI is InChI=1S/C13H15BrO4/c1-3-4-5-9(15)11-8(13(16)17)6-7-10(18-2)12(11)14/h6-7H,3-5H2,1-2H3,(H,16,17). The van der Waals surface area contributed by atoms with Gasteiger partial charge in [0.25, 0.3) is 0 Å². The molecule has 1 rings (SSSR count). The molecular formula is C13H15BrO4. The molecule has 98 valence electrons. The fourth-order valence-electron chi connectivity index (χ4n) is 1.63. The molecule has 0 aliphatic carbocycles. The molecule has 0 fully saturated rings. The lowest BCUT2D eigenvalue weighted by molar-refractivity contribution is 0.0691.